The summed E-state index contributed by atoms with van der Waals surface area (Å²) in [5.41, 5.74) is -0.630. The third-order valence-corrected chi connectivity index (χ3v) is 7.62. The van der Waals surface area contributed by atoms with Gasteiger partial charge in [0.15, 0.2) is 0 Å². The molecule has 0 radical (unpaired) electrons. The molecule has 0 unspecified atom stereocenters. The monoisotopic (exact) mass is 484 g/mol. The van der Waals surface area contributed by atoms with E-state index in [9.17, 15) is 26.4 Å². The molecule has 3 rings (SSSR count). The molecule has 0 bridgehead atoms. The zero-order valence-corrected chi connectivity index (χ0v) is 19.0. The third-order valence-electron chi connectivity index (χ3n) is 5.70. The second kappa shape index (κ2) is 10.5. The standard InChI is InChI=1S/C22H27F3N4O3S/c1-29(17-6-3-2-4-7-17)33(31,32)18-11-9-16(10-12-18)21(30)28-15-14-27-20-19(22(23,24)25)8-5-13-26-20/h5,8-13,17H,2-4,6-7,14-15H2,1H3,(H,26,27)(H,28,30). The summed E-state index contributed by atoms with van der Waals surface area (Å²) >= 11 is 0. The molecule has 0 aliphatic heterocycles. The highest BCUT2D eigenvalue weighted by Gasteiger charge is 2.34. The average molecular weight is 485 g/mol. The van der Waals surface area contributed by atoms with E-state index in [0.29, 0.717) is 0 Å². The average Bonchev–Trinajstić information content (AvgIpc) is 2.81. The maximum Gasteiger partial charge on any atom is 0.419 e. The smallest absolute Gasteiger partial charge is 0.368 e. The van der Waals surface area contributed by atoms with Crippen LogP contribution in [0.4, 0.5) is 19.0 Å². The quantitative estimate of drug-likeness (QED) is 0.555. The topological polar surface area (TPSA) is 91.4 Å². The number of carbonyl (C=O) groups excluding carboxylic acids is 1. The number of aromatic nitrogens is 1. The fourth-order valence-electron chi connectivity index (χ4n) is 3.82. The highest BCUT2D eigenvalue weighted by Crippen LogP contribution is 2.33. The van der Waals surface area contributed by atoms with E-state index in [4.69, 9.17) is 0 Å². The Morgan fingerprint density at radius 1 is 1.09 bits per heavy atom. The Labute approximate surface area is 191 Å². The molecule has 1 amide bonds. The largest absolute Gasteiger partial charge is 0.419 e. The van der Waals surface area contributed by atoms with Crippen LogP contribution < -0.4 is 10.6 Å². The maximum atomic E-state index is 13.0. The van der Waals surface area contributed by atoms with Crippen molar-refractivity contribution in [2.75, 3.05) is 25.5 Å². The molecule has 1 aliphatic carbocycles. The minimum Gasteiger partial charge on any atom is -0.368 e. The fourth-order valence-corrected chi connectivity index (χ4v) is 5.24. The lowest BCUT2D eigenvalue weighted by Crippen LogP contribution is -2.38. The summed E-state index contributed by atoms with van der Waals surface area (Å²) in [6.45, 7) is 0.0850. The first-order chi connectivity index (χ1) is 15.6. The van der Waals surface area contributed by atoms with Gasteiger partial charge in [0, 0.05) is 37.9 Å². The van der Waals surface area contributed by atoms with E-state index in [1.54, 1.807) is 7.05 Å². The summed E-state index contributed by atoms with van der Waals surface area (Å²) in [5.74, 6) is -0.769. The number of nitrogens with zero attached hydrogens (tertiary/aromatic N) is 2. The third kappa shape index (κ3) is 6.23. The van der Waals surface area contributed by atoms with Gasteiger partial charge in [-0.2, -0.15) is 17.5 Å². The van der Waals surface area contributed by atoms with Crippen LogP contribution in [0.15, 0.2) is 47.5 Å². The number of halogens is 3. The van der Waals surface area contributed by atoms with Gasteiger partial charge in [-0.3, -0.25) is 4.79 Å². The van der Waals surface area contributed by atoms with E-state index in [1.807, 2.05) is 0 Å². The molecule has 0 spiro atoms. The molecule has 2 N–H and O–H groups in total. The molecule has 1 saturated carbocycles. The van der Waals surface area contributed by atoms with Crippen LogP contribution in [0.25, 0.3) is 0 Å². The van der Waals surface area contributed by atoms with Crippen LogP contribution in [0.2, 0.25) is 0 Å². The molecule has 33 heavy (non-hydrogen) atoms. The molecule has 1 aromatic carbocycles. The SMILES string of the molecule is CN(C1CCCCC1)S(=O)(=O)c1ccc(C(=O)NCCNc2ncccc2C(F)(F)F)cc1. The van der Waals surface area contributed by atoms with Gasteiger partial charge in [0.05, 0.1) is 10.5 Å². The zero-order chi connectivity index (χ0) is 24.1. The number of sulfonamides is 1. The number of rotatable bonds is 8. The minimum absolute atomic E-state index is 0.0174. The molecular formula is C22H27F3N4O3S. The Morgan fingerprint density at radius 3 is 2.39 bits per heavy atom. The molecule has 0 atom stereocenters. The molecule has 7 nitrogen and oxygen atoms in total. The minimum atomic E-state index is -4.53. The lowest BCUT2D eigenvalue weighted by atomic mass is 9.96. The highest BCUT2D eigenvalue weighted by atomic mass is 32.2. The van der Waals surface area contributed by atoms with Crippen molar-refractivity contribution in [1.29, 1.82) is 0 Å². The van der Waals surface area contributed by atoms with Gasteiger partial charge < -0.3 is 10.6 Å². The van der Waals surface area contributed by atoms with Crippen molar-refractivity contribution in [3.63, 3.8) is 0 Å². The normalized spacial score (nSPS) is 15.4. The Balaban J connectivity index is 1.54. The van der Waals surface area contributed by atoms with E-state index in [-0.39, 0.29) is 35.4 Å². The van der Waals surface area contributed by atoms with Crippen molar-refractivity contribution in [3.8, 4) is 0 Å². The highest BCUT2D eigenvalue weighted by molar-refractivity contribution is 7.89. The Hall–Kier alpha value is -2.66. The first kappa shape index (κ1) is 25.0. The van der Waals surface area contributed by atoms with Gasteiger partial charge in [-0.1, -0.05) is 19.3 Å². The van der Waals surface area contributed by atoms with Crippen LogP contribution in [0.5, 0.6) is 0 Å². The number of anilines is 1. The Kier molecular flexibility index (Phi) is 7.96. The van der Waals surface area contributed by atoms with E-state index >= 15 is 0 Å². The summed E-state index contributed by atoms with van der Waals surface area (Å²) in [7, 11) is -2.07. The summed E-state index contributed by atoms with van der Waals surface area (Å²) in [6, 6.07) is 7.74. The molecule has 1 heterocycles. The predicted molar refractivity (Wildman–Crippen MR) is 118 cm³/mol. The van der Waals surface area contributed by atoms with Crippen LogP contribution in [0, 0.1) is 0 Å². The number of alkyl halides is 3. The van der Waals surface area contributed by atoms with E-state index in [2.05, 4.69) is 15.6 Å². The molecule has 1 fully saturated rings. The second-order valence-corrected chi connectivity index (χ2v) is 9.91. The van der Waals surface area contributed by atoms with Gasteiger partial charge in [0.1, 0.15) is 5.82 Å². The number of pyridine rings is 1. The van der Waals surface area contributed by atoms with Crippen LogP contribution in [-0.2, 0) is 16.2 Å². The number of hydrogen-bond acceptors (Lipinski definition) is 5. The van der Waals surface area contributed by atoms with Gasteiger partial charge in [0.25, 0.3) is 5.91 Å². The zero-order valence-electron chi connectivity index (χ0n) is 18.2. The number of hydrogen-bond donors (Lipinski definition) is 2. The van der Waals surface area contributed by atoms with Gasteiger partial charge in [-0.25, -0.2) is 13.4 Å². The van der Waals surface area contributed by atoms with Gasteiger partial charge in [-0.05, 0) is 49.2 Å². The van der Waals surface area contributed by atoms with E-state index in [0.717, 1.165) is 38.2 Å². The predicted octanol–water partition coefficient (Wildman–Crippen LogP) is 3.90. The summed E-state index contributed by atoms with van der Waals surface area (Å²) in [6.07, 6.45) is 1.53. The van der Waals surface area contributed by atoms with Gasteiger partial charge >= 0.3 is 6.18 Å². The molecule has 2 aromatic rings. The Bertz CT molecular complexity index is 1050. The van der Waals surface area contributed by atoms with Crippen LogP contribution in [-0.4, -0.2) is 49.8 Å². The van der Waals surface area contributed by atoms with Gasteiger partial charge in [-0.15, -0.1) is 0 Å². The summed E-state index contributed by atoms with van der Waals surface area (Å²) in [5, 5.41) is 5.16. The number of amides is 1. The van der Waals surface area contributed by atoms with Crippen LogP contribution in [0.3, 0.4) is 0 Å². The van der Waals surface area contributed by atoms with Crippen molar-refractivity contribution >= 4 is 21.7 Å². The first-order valence-corrected chi connectivity index (χ1v) is 12.2. The molecule has 180 valence electrons. The molecule has 1 aromatic heterocycles. The molecule has 11 heteroatoms. The molecule has 0 saturated heterocycles. The molecule has 1 aliphatic rings. The number of carbonyl (C=O) groups is 1. The van der Waals surface area contributed by atoms with Crippen molar-refractivity contribution in [3.05, 3.63) is 53.7 Å². The van der Waals surface area contributed by atoms with E-state index in [1.165, 1.54) is 40.8 Å². The molecular weight excluding hydrogens is 457 g/mol. The van der Waals surface area contributed by atoms with Crippen molar-refractivity contribution in [2.24, 2.45) is 0 Å². The van der Waals surface area contributed by atoms with E-state index < -0.39 is 27.7 Å². The summed E-state index contributed by atoms with van der Waals surface area (Å²) < 4.78 is 66.1. The number of benzene rings is 1. The van der Waals surface area contributed by atoms with Crippen molar-refractivity contribution < 1.29 is 26.4 Å². The summed E-state index contributed by atoms with van der Waals surface area (Å²) in [4.78, 5) is 16.1. The van der Waals surface area contributed by atoms with Crippen molar-refractivity contribution in [2.45, 2.75) is 49.2 Å². The van der Waals surface area contributed by atoms with Crippen LogP contribution in [0.1, 0.15) is 48.0 Å². The lowest BCUT2D eigenvalue weighted by Gasteiger charge is -2.30. The van der Waals surface area contributed by atoms with Gasteiger partial charge in [0.2, 0.25) is 10.0 Å². The Morgan fingerprint density at radius 2 is 1.76 bits per heavy atom. The van der Waals surface area contributed by atoms with Crippen LogP contribution >= 0.6 is 0 Å². The van der Waals surface area contributed by atoms with Crippen molar-refractivity contribution in [1.82, 2.24) is 14.6 Å². The number of nitrogens with one attached hydrogen (secondary N) is 2. The fraction of sp³-hybridized carbons (Fsp3) is 0.455. The lowest BCUT2D eigenvalue weighted by molar-refractivity contribution is -0.137. The first-order valence-electron chi connectivity index (χ1n) is 10.7. The second-order valence-electron chi connectivity index (χ2n) is 7.92. The maximum absolute atomic E-state index is 13.0.